The Hall–Kier alpha value is -1.82. The average molecular weight is 327 g/mol. The van der Waals surface area contributed by atoms with Crippen LogP contribution in [0.5, 0.6) is 0 Å². The summed E-state index contributed by atoms with van der Waals surface area (Å²) in [6, 6.07) is 0. The van der Waals surface area contributed by atoms with Crippen LogP contribution >= 0.6 is 0 Å². The highest BCUT2D eigenvalue weighted by molar-refractivity contribution is 5.33. The van der Waals surface area contributed by atoms with E-state index in [4.69, 9.17) is 0 Å². The van der Waals surface area contributed by atoms with Crippen molar-refractivity contribution in [1.29, 1.82) is 0 Å². The molecule has 0 fully saturated rings. The molecule has 0 radical (unpaired) electrons. The maximum atomic E-state index is 3.85. The van der Waals surface area contributed by atoms with Crippen molar-refractivity contribution in [3.05, 3.63) is 84.6 Å². The Kier molecular flexibility index (Phi) is 19.6. The summed E-state index contributed by atoms with van der Waals surface area (Å²) in [5.41, 5.74) is 2.68. The van der Waals surface area contributed by atoms with E-state index in [-0.39, 0.29) is 0 Å². The van der Waals surface area contributed by atoms with Crippen LogP contribution in [0.3, 0.4) is 0 Å². The lowest BCUT2D eigenvalue weighted by Crippen LogP contribution is -2.03. The molecule has 0 saturated heterocycles. The first-order valence-electron chi connectivity index (χ1n) is 9.31. The largest absolute Gasteiger partial charge is 0.0991 e. The molecule has 0 aromatic carbocycles. The zero-order valence-corrected chi connectivity index (χ0v) is 16.8. The van der Waals surface area contributed by atoms with Gasteiger partial charge >= 0.3 is 0 Å². The normalized spacial score (nSPS) is 14.6. The number of rotatable bonds is 10. The topological polar surface area (TPSA) is 0 Å². The quantitative estimate of drug-likeness (QED) is 0.355. The lowest BCUT2D eigenvalue weighted by Gasteiger charge is -2.17. The second-order valence-electron chi connectivity index (χ2n) is 5.20. The molecule has 0 rings (SSSR count). The molecule has 1 atom stereocenters. The van der Waals surface area contributed by atoms with Crippen molar-refractivity contribution in [2.45, 2.75) is 60.8 Å². The van der Waals surface area contributed by atoms with E-state index in [9.17, 15) is 0 Å². The smallest absolute Gasteiger partial charge is 0.00830 e. The molecule has 0 aromatic heterocycles. The van der Waals surface area contributed by atoms with Gasteiger partial charge in [-0.1, -0.05) is 107 Å². The van der Waals surface area contributed by atoms with Gasteiger partial charge in [0, 0.05) is 5.92 Å². The van der Waals surface area contributed by atoms with Gasteiger partial charge in [0.1, 0.15) is 0 Å². The van der Waals surface area contributed by atoms with E-state index < -0.39 is 0 Å². The second-order valence-corrected chi connectivity index (χ2v) is 5.20. The predicted molar refractivity (Wildman–Crippen MR) is 114 cm³/mol. The number of hydrogen-bond donors (Lipinski definition) is 0. The third kappa shape index (κ3) is 12.7. The average Bonchev–Trinajstić information content (AvgIpc) is 2.60. The predicted octanol–water partition coefficient (Wildman–Crippen LogP) is 8.14. The second kappa shape index (κ2) is 19.2. The lowest BCUT2D eigenvalue weighted by molar-refractivity contribution is 0.742. The third-order valence-corrected chi connectivity index (χ3v) is 3.34. The molecule has 0 heterocycles. The molecular formula is C24H38. The first kappa shape index (κ1) is 24.4. The molecule has 0 heteroatoms. The summed E-state index contributed by atoms with van der Waals surface area (Å²) in [6.45, 7) is 16.4. The van der Waals surface area contributed by atoms with Crippen molar-refractivity contribution in [2.75, 3.05) is 0 Å². The van der Waals surface area contributed by atoms with Gasteiger partial charge in [-0.3, -0.25) is 0 Å². The van der Waals surface area contributed by atoms with Crippen molar-refractivity contribution >= 4 is 0 Å². The van der Waals surface area contributed by atoms with Gasteiger partial charge in [-0.25, -0.2) is 0 Å². The molecule has 134 valence electrons. The fourth-order valence-corrected chi connectivity index (χ4v) is 2.18. The highest BCUT2D eigenvalue weighted by Crippen LogP contribution is 2.26. The maximum absolute atomic E-state index is 3.85. The molecule has 0 amide bonds. The van der Waals surface area contributed by atoms with E-state index in [0.29, 0.717) is 5.92 Å². The van der Waals surface area contributed by atoms with Crippen LogP contribution in [0.25, 0.3) is 0 Å². The molecular weight excluding hydrogens is 288 g/mol. The van der Waals surface area contributed by atoms with E-state index in [1.807, 2.05) is 19.9 Å². The van der Waals surface area contributed by atoms with Crippen molar-refractivity contribution in [2.24, 2.45) is 5.92 Å². The van der Waals surface area contributed by atoms with Crippen molar-refractivity contribution < 1.29 is 0 Å². The minimum Gasteiger partial charge on any atom is -0.0991 e. The van der Waals surface area contributed by atoms with Gasteiger partial charge < -0.3 is 0 Å². The molecule has 0 bridgehead atoms. The van der Waals surface area contributed by atoms with Crippen LogP contribution in [0, 0.1) is 5.92 Å². The lowest BCUT2D eigenvalue weighted by atomic mass is 9.87. The van der Waals surface area contributed by atoms with Crippen molar-refractivity contribution in [3.8, 4) is 0 Å². The zero-order chi connectivity index (χ0) is 18.6. The fraction of sp³-hybridized carbons (Fsp3) is 0.417. The van der Waals surface area contributed by atoms with Crippen molar-refractivity contribution in [3.63, 3.8) is 0 Å². The van der Waals surface area contributed by atoms with Gasteiger partial charge in [0.05, 0.1) is 0 Å². The molecule has 0 nitrogen and oxygen atoms in total. The first-order valence-corrected chi connectivity index (χ1v) is 9.31. The highest BCUT2D eigenvalue weighted by Gasteiger charge is 2.11. The van der Waals surface area contributed by atoms with Crippen LogP contribution in [0.15, 0.2) is 84.6 Å². The summed E-state index contributed by atoms with van der Waals surface area (Å²) in [5, 5.41) is 0. The molecule has 0 aliphatic carbocycles. The van der Waals surface area contributed by atoms with E-state index in [0.717, 1.165) is 19.3 Å². The monoisotopic (exact) mass is 326 g/mol. The molecule has 24 heavy (non-hydrogen) atoms. The number of hydrogen-bond acceptors (Lipinski definition) is 0. The Morgan fingerprint density at radius 1 is 0.917 bits per heavy atom. The van der Waals surface area contributed by atoms with Crippen LogP contribution in [-0.4, -0.2) is 0 Å². The van der Waals surface area contributed by atoms with Crippen LogP contribution in [0.1, 0.15) is 60.8 Å². The Balaban J connectivity index is 0. The fourth-order valence-electron chi connectivity index (χ4n) is 2.18. The van der Waals surface area contributed by atoms with Crippen LogP contribution in [0.4, 0.5) is 0 Å². The highest BCUT2D eigenvalue weighted by atomic mass is 14.2. The van der Waals surface area contributed by atoms with Gasteiger partial charge in [0.15, 0.2) is 0 Å². The van der Waals surface area contributed by atoms with E-state index >= 15 is 0 Å². The van der Waals surface area contributed by atoms with Gasteiger partial charge in [-0.15, -0.1) is 0 Å². The molecule has 0 saturated carbocycles. The molecule has 1 unspecified atom stereocenters. The summed E-state index contributed by atoms with van der Waals surface area (Å²) < 4.78 is 0. The molecule has 0 aromatic rings. The molecule has 0 aliphatic rings. The Labute approximate surface area is 151 Å². The SMILES string of the molecule is C=C/C=C(\C=C/C)C(C/C=C\C=C/CC)/C(C)=C/C=C\CC.CC. The minimum atomic E-state index is 0.391. The first-order chi connectivity index (χ1) is 11.7. The molecule has 0 N–H and O–H groups in total. The summed E-state index contributed by atoms with van der Waals surface area (Å²) in [5.74, 6) is 0.391. The summed E-state index contributed by atoms with van der Waals surface area (Å²) in [6.07, 6.45) is 26.7. The van der Waals surface area contributed by atoms with Crippen LogP contribution < -0.4 is 0 Å². The molecule has 0 spiro atoms. The van der Waals surface area contributed by atoms with Crippen LogP contribution in [0.2, 0.25) is 0 Å². The Morgan fingerprint density at radius 3 is 2.04 bits per heavy atom. The van der Waals surface area contributed by atoms with Gasteiger partial charge in [-0.05, 0) is 38.7 Å². The van der Waals surface area contributed by atoms with E-state index in [1.165, 1.54) is 11.1 Å². The van der Waals surface area contributed by atoms with Gasteiger partial charge in [0.2, 0.25) is 0 Å². The standard InChI is InChI=1S/C22H32.C2H6/c1-6-10-12-13-15-19-22(20(5)18-14-11-7-2)21(16-8-3)17-9-4;1-2/h8-18,22H,3,6-7,19H2,1-2,4-5H3;1-2H3/b12-10-,14-11-,15-13-,17-9-,20-18+,21-16+;. The van der Waals surface area contributed by atoms with E-state index in [2.05, 4.69) is 95.0 Å². The zero-order valence-electron chi connectivity index (χ0n) is 16.8. The molecule has 0 aliphatic heterocycles. The Bertz CT molecular complexity index is 464. The minimum absolute atomic E-state index is 0.391. The van der Waals surface area contributed by atoms with Gasteiger partial charge in [0.25, 0.3) is 0 Å². The Morgan fingerprint density at radius 2 is 1.50 bits per heavy atom. The van der Waals surface area contributed by atoms with E-state index in [1.54, 1.807) is 0 Å². The third-order valence-electron chi connectivity index (χ3n) is 3.34. The van der Waals surface area contributed by atoms with Crippen molar-refractivity contribution in [1.82, 2.24) is 0 Å². The summed E-state index contributed by atoms with van der Waals surface area (Å²) in [7, 11) is 0. The summed E-state index contributed by atoms with van der Waals surface area (Å²) >= 11 is 0. The maximum Gasteiger partial charge on any atom is 0.00830 e. The van der Waals surface area contributed by atoms with Crippen LogP contribution in [-0.2, 0) is 0 Å². The number of allylic oxidation sites excluding steroid dienone is 13. The van der Waals surface area contributed by atoms with Gasteiger partial charge in [-0.2, -0.15) is 0 Å². The summed E-state index contributed by atoms with van der Waals surface area (Å²) in [4.78, 5) is 0.